The summed E-state index contributed by atoms with van der Waals surface area (Å²) in [5.74, 6) is 0. The van der Waals surface area contributed by atoms with Gasteiger partial charge in [-0.05, 0) is 0 Å². The van der Waals surface area contributed by atoms with Crippen molar-refractivity contribution >= 4 is 5.57 Å². The third-order valence-electron chi connectivity index (χ3n) is 4.26. The fourth-order valence-corrected chi connectivity index (χ4v) is 4.86. The summed E-state index contributed by atoms with van der Waals surface area (Å²) in [5, 5.41) is 0. The van der Waals surface area contributed by atoms with E-state index in [9.17, 15) is 0 Å². The van der Waals surface area contributed by atoms with Crippen molar-refractivity contribution < 1.29 is 49.5 Å². The van der Waals surface area contributed by atoms with Crippen molar-refractivity contribution in [2.24, 2.45) is 0 Å². The van der Waals surface area contributed by atoms with E-state index in [1.54, 1.807) is 52.6 Å². The maximum absolute atomic E-state index is 2.35. The van der Waals surface area contributed by atoms with E-state index < -0.39 is 0 Å². The number of benzene rings is 1. The molecule has 0 amide bonds. The molecule has 109 valence electrons. The molecular formula is C18H19Cl2Zr. The first kappa shape index (κ1) is 19.0. The van der Waals surface area contributed by atoms with Gasteiger partial charge in [0.1, 0.15) is 0 Å². The maximum Gasteiger partial charge on any atom is -1.00 e. The zero-order chi connectivity index (χ0) is 13.4. The summed E-state index contributed by atoms with van der Waals surface area (Å²) >= 11 is 1.62. The largest absolute Gasteiger partial charge is 1.00 e. The summed E-state index contributed by atoms with van der Waals surface area (Å²) in [6.45, 7) is 4.58. The maximum atomic E-state index is 2.35. The molecule has 0 aromatic heterocycles. The molecule has 0 radical (unpaired) electrons. The molecule has 0 saturated heterocycles. The molecule has 0 nitrogen and oxygen atoms in total. The fourth-order valence-electron chi connectivity index (χ4n) is 3.38. The summed E-state index contributed by atoms with van der Waals surface area (Å²) in [6, 6.07) is 6.90. The van der Waals surface area contributed by atoms with Crippen LogP contribution in [-0.2, 0) is 31.1 Å². The Kier molecular flexibility index (Phi) is 7.18. The van der Waals surface area contributed by atoms with Crippen molar-refractivity contribution in [3.8, 4) is 0 Å². The molecular weight excluding hydrogens is 378 g/mol. The molecule has 3 rings (SSSR count). The molecule has 0 aliphatic heterocycles. The Morgan fingerprint density at radius 3 is 2.48 bits per heavy atom. The van der Waals surface area contributed by atoms with Crippen LogP contribution in [0.1, 0.15) is 47.0 Å². The fraction of sp³-hybridized carbons (Fsp3) is 0.333. The second-order valence-corrected chi connectivity index (χ2v) is 6.66. The Hall–Kier alpha value is -0.0969. The number of aryl methyl sites for hydroxylation is 1. The van der Waals surface area contributed by atoms with Gasteiger partial charge in [-0.1, -0.05) is 0 Å². The van der Waals surface area contributed by atoms with Crippen molar-refractivity contribution in [1.29, 1.82) is 0 Å². The van der Waals surface area contributed by atoms with Crippen LogP contribution in [0, 0.1) is 0 Å². The Labute approximate surface area is 155 Å². The number of fused-ring (bicyclic) bond motifs is 1. The Balaban J connectivity index is 0.00000110. The van der Waals surface area contributed by atoms with Gasteiger partial charge >= 0.3 is 131 Å². The van der Waals surface area contributed by atoms with E-state index in [0.29, 0.717) is 3.63 Å². The van der Waals surface area contributed by atoms with Gasteiger partial charge in [0.05, 0.1) is 0 Å². The normalized spacial score (nSPS) is 19.0. The summed E-state index contributed by atoms with van der Waals surface area (Å²) < 4.78 is 0.648. The van der Waals surface area contributed by atoms with Crippen molar-refractivity contribution in [3.63, 3.8) is 0 Å². The molecule has 2 aliphatic rings. The molecule has 0 saturated carbocycles. The van der Waals surface area contributed by atoms with Crippen LogP contribution in [0.5, 0.6) is 0 Å². The molecule has 0 fully saturated rings. The van der Waals surface area contributed by atoms with Crippen LogP contribution >= 0.6 is 0 Å². The SMILES string of the molecule is CCC1=C(C2=CC=CC2)[CH]([Zr+2])c2cccc(CC)c21.[Cl-].[Cl-]. The molecule has 0 heterocycles. The average Bonchev–Trinajstić information content (AvgIpc) is 3.04. The van der Waals surface area contributed by atoms with Crippen molar-refractivity contribution in [3.05, 3.63) is 64.3 Å². The average molecular weight is 397 g/mol. The molecule has 0 N–H and O–H groups in total. The van der Waals surface area contributed by atoms with Gasteiger partial charge in [-0.15, -0.1) is 0 Å². The van der Waals surface area contributed by atoms with Gasteiger partial charge in [-0.3, -0.25) is 0 Å². The molecule has 0 spiro atoms. The zero-order valence-electron chi connectivity index (χ0n) is 12.4. The second-order valence-electron chi connectivity index (χ2n) is 5.24. The Morgan fingerprint density at radius 1 is 1.14 bits per heavy atom. The van der Waals surface area contributed by atoms with Gasteiger partial charge in [0, 0.05) is 0 Å². The summed E-state index contributed by atoms with van der Waals surface area (Å²) in [4.78, 5) is 0. The Bertz CT molecular complexity index is 612. The predicted octanol–water partition coefficient (Wildman–Crippen LogP) is -1.09. The molecule has 1 aromatic carbocycles. The van der Waals surface area contributed by atoms with E-state index >= 15 is 0 Å². The molecule has 1 atom stereocenters. The quantitative estimate of drug-likeness (QED) is 0.608. The second kappa shape index (κ2) is 7.95. The van der Waals surface area contributed by atoms with Crippen molar-refractivity contribution in [1.82, 2.24) is 0 Å². The summed E-state index contributed by atoms with van der Waals surface area (Å²) in [6.07, 6.45) is 10.2. The number of hydrogen-bond donors (Lipinski definition) is 0. The predicted molar refractivity (Wildman–Crippen MR) is 77.6 cm³/mol. The van der Waals surface area contributed by atoms with Gasteiger partial charge in [-0.25, -0.2) is 0 Å². The van der Waals surface area contributed by atoms with Crippen LogP contribution in [0.4, 0.5) is 0 Å². The Morgan fingerprint density at radius 2 is 1.90 bits per heavy atom. The van der Waals surface area contributed by atoms with Crippen LogP contribution in [0.2, 0.25) is 0 Å². The number of allylic oxidation sites excluding steroid dienone is 6. The molecule has 3 heteroatoms. The minimum atomic E-state index is 0. The van der Waals surface area contributed by atoms with E-state index in [2.05, 4.69) is 50.3 Å². The van der Waals surface area contributed by atoms with E-state index in [-0.39, 0.29) is 24.8 Å². The van der Waals surface area contributed by atoms with Gasteiger partial charge in [-0.2, -0.15) is 0 Å². The first-order chi connectivity index (χ1) is 9.27. The van der Waals surface area contributed by atoms with Crippen LogP contribution < -0.4 is 24.8 Å². The molecule has 1 aromatic rings. The number of hydrogen-bond acceptors (Lipinski definition) is 0. The molecule has 0 bridgehead atoms. The smallest absolute Gasteiger partial charge is 1.00 e. The zero-order valence-corrected chi connectivity index (χ0v) is 16.4. The van der Waals surface area contributed by atoms with Crippen LogP contribution in [0.15, 0.2) is 47.6 Å². The first-order valence-electron chi connectivity index (χ1n) is 7.20. The van der Waals surface area contributed by atoms with Crippen molar-refractivity contribution in [2.75, 3.05) is 0 Å². The monoisotopic (exact) mass is 395 g/mol. The van der Waals surface area contributed by atoms with E-state index in [0.717, 1.165) is 19.3 Å². The molecule has 1 unspecified atom stereocenters. The standard InChI is InChI=1S/C18H19.2ClH.Zr/c1-3-13-10-7-11-15-12-17(14-8-5-6-9-14)16(4-2)18(13)15;;;/h5-8,10-12H,3-4,9H2,1-2H3;2*1H;/q;;;+2/p-2. The van der Waals surface area contributed by atoms with Crippen LogP contribution in [0.3, 0.4) is 0 Å². The van der Waals surface area contributed by atoms with Crippen LogP contribution in [-0.4, -0.2) is 0 Å². The minimum absolute atomic E-state index is 0. The van der Waals surface area contributed by atoms with E-state index in [1.807, 2.05) is 0 Å². The molecule has 2 aliphatic carbocycles. The third-order valence-corrected chi connectivity index (χ3v) is 5.74. The molecule has 21 heavy (non-hydrogen) atoms. The summed E-state index contributed by atoms with van der Waals surface area (Å²) in [5.41, 5.74) is 9.50. The van der Waals surface area contributed by atoms with Gasteiger partial charge in [0.15, 0.2) is 0 Å². The van der Waals surface area contributed by atoms with E-state index in [1.165, 1.54) is 5.56 Å². The third kappa shape index (κ3) is 3.16. The van der Waals surface area contributed by atoms with E-state index in [4.69, 9.17) is 0 Å². The van der Waals surface area contributed by atoms with Crippen molar-refractivity contribution in [2.45, 2.75) is 36.7 Å². The minimum Gasteiger partial charge on any atom is -1.00 e. The number of halogens is 2. The van der Waals surface area contributed by atoms with Gasteiger partial charge < -0.3 is 24.8 Å². The van der Waals surface area contributed by atoms with Crippen LogP contribution in [0.25, 0.3) is 5.57 Å². The topological polar surface area (TPSA) is 0 Å². The number of rotatable bonds is 3. The first-order valence-corrected chi connectivity index (χ1v) is 8.62. The van der Waals surface area contributed by atoms with Gasteiger partial charge in [0.25, 0.3) is 0 Å². The summed E-state index contributed by atoms with van der Waals surface area (Å²) in [7, 11) is 0. The van der Waals surface area contributed by atoms with Gasteiger partial charge in [0.2, 0.25) is 0 Å².